The van der Waals surface area contributed by atoms with E-state index in [9.17, 15) is 4.79 Å². The third kappa shape index (κ3) is 4.93. The number of nitrogens with one attached hydrogen (secondary N) is 2. The van der Waals surface area contributed by atoms with Crippen molar-refractivity contribution >= 4 is 22.6 Å². The number of hydrogen-bond donors (Lipinski definition) is 2. The monoisotopic (exact) mass is 356 g/mol. The highest BCUT2D eigenvalue weighted by molar-refractivity contribution is 5.83. The highest BCUT2D eigenvalue weighted by Crippen LogP contribution is 2.19. The van der Waals surface area contributed by atoms with Crippen LogP contribution >= 0.6 is 0 Å². The zero-order valence-electron chi connectivity index (χ0n) is 15.6. The number of para-hydroxylation sites is 1. The molecule has 1 fully saturated rings. The van der Waals surface area contributed by atoms with Crippen molar-refractivity contribution in [3.8, 4) is 0 Å². The Labute approximate surface area is 154 Å². The Morgan fingerprint density at radius 2 is 2.04 bits per heavy atom. The molecule has 1 unspecified atom stereocenters. The number of fused-ring (bicyclic) bond motifs is 1. The van der Waals surface area contributed by atoms with Gasteiger partial charge in [-0.05, 0) is 24.6 Å². The van der Waals surface area contributed by atoms with E-state index >= 15 is 0 Å². The van der Waals surface area contributed by atoms with E-state index in [1.54, 1.807) is 0 Å². The highest BCUT2D eigenvalue weighted by atomic mass is 16.5. The van der Waals surface area contributed by atoms with Crippen molar-refractivity contribution in [3.05, 3.63) is 35.9 Å². The first-order valence-electron chi connectivity index (χ1n) is 9.31. The Hall–Kier alpha value is -2.18. The number of benzene rings is 1. The molecule has 26 heavy (non-hydrogen) atoms. The van der Waals surface area contributed by atoms with E-state index in [0.29, 0.717) is 13.1 Å². The van der Waals surface area contributed by atoms with Gasteiger partial charge >= 0.3 is 0 Å². The molecule has 1 atom stereocenters. The minimum Gasteiger partial charge on any atom is -0.379 e. The molecule has 6 heteroatoms. The lowest BCUT2D eigenvalue weighted by Gasteiger charge is -2.28. The Kier molecular flexibility index (Phi) is 6.41. The Balaban J connectivity index is 1.42. The molecule has 6 nitrogen and oxygen atoms in total. The smallest absolute Gasteiger partial charge is 0.224 e. The predicted octanol–water partition coefficient (Wildman–Crippen LogP) is 2.04. The molecule has 0 radical (unpaired) electrons. The summed E-state index contributed by atoms with van der Waals surface area (Å²) in [6, 6.07) is 10.2. The maximum Gasteiger partial charge on any atom is 0.224 e. The molecule has 2 aromatic rings. The van der Waals surface area contributed by atoms with Crippen LogP contribution in [0, 0.1) is 12.8 Å². The number of rotatable bonds is 7. The lowest BCUT2D eigenvalue weighted by Crippen LogP contribution is -2.43. The van der Waals surface area contributed by atoms with Crippen molar-refractivity contribution in [2.45, 2.75) is 13.8 Å². The van der Waals surface area contributed by atoms with Gasteiger partial charge in [0.05, 0.1) is 18.7 Å². The number of aromatic nitrogens is 1. The van der Waals surface area contributed by atoms with Crippen LogP contribution < -0.4 is 10.6 Å². The SMILES string of the molecule is Cc1cc(NCCNC(=O)C(C)CN2CCOCC2)nc2ccccc12. The van der Waals surface area contributed by atoms with Gasteiger partial charge in [0, 0.05) is 44.0 Å². The zero-order valence-corrected chi connectivity index (χ0v) is 15.6. The molecule has 1 aliphatic rings. The lowest BCUT2D eigenvalue weighted by atomic mass is 10.1. The van der Waals surface area contributed by atoms with Crippen LogP contribution in [0.2, 0.25) is 0 Å². The van der Waals surface area contributed by atoms with Gasteiger partial charge in [0.25, 0.3) is 0 Å². The summed E-state index contributed by atoms with van der Waals surface area (Å²) >= 11 is 0. The summed E-state index contributed by atoms with van der Waals surface area (Å²) in [5.41, 5.74) is 2.18. The van der Waals surface area contributed by atoms with Crippen LogP contribution in [-0.2, 0) is 9.53 Å². The van der Waals surface area contributed by atoms with E-state index < -0.39 is 0 Å². The molecule has 0 bridgehead atoms. The van der Waals surface area contributed by atoms with Crippen LogP contribution in [0.1, 0.15) is 12.5 Å². The zero-order chi connectivity index (χ0) is 18.4. The number of ether oxygens (including phenoxy) is 1. The maximum atomic E-state index is 12.2. The van der Waals surface area contributed by atoms with Gasteiger partial charge in [-0.2, -0.15) is 0 Å². The summed E-state index contributed by atoms with van der Waals surface area (Å²) in [5, 5.41) is 7.48. The van der Waals surface area contributed by atoms with Gasteiger partial charge in [-0.1, -0.05) is 25.1 Å². The highest BCUT2D eigenvalue weighted by Gasteiger charge is 2.18. The molecule has 2 N–H and O–H groups in total. The fourth-order valence-corrected chi connectivity index (χ4v) is 3.24. The molecule has 0 aliphatic carbocycles. The minimum absolute atomic E-state index is 0.0193. The summed E-state index contributed by atoms with van der Waals surface area (Å²) < 4.78 is 5.34. The maximum absolute atomic E-state index is 12.2. The Morgan fingerprint density at radius 1 is 1.27 bits per heavy atom. The second-order valence-electron chi connectivity index (χ2n) is 6.87. The largest absolute Gasteiger partial charge is 0.379 e. The number of carbonyl (C=O) groups is 1. The summed E-state index contributed by atoms with van der Waals surface area (Å²) in [7, 11) is 0. The van der Waals surface area contributed by atoms with E-state index in [1.807, 2.05) is 31.2 Å². The second-order valence-corrected chi connectivity index (χ2v) is 6.87. The van der Waals surface area contributed by atoms with E-state index in [4.69, 9.17) is 4.74 Å². The number of carbonyl (C=O) groups excluding carboxylic acids is 1. The third-order valence-electron chi connectivity index (χ3n) is 4.74. The standard InChI is InChI=1S/C20H28N4O2/c1-15-13-19(23-18-6-4-3-5-17(15)18)21-7-8-22-20(25)16(2)14-24-9-11-26-12-10-24/h3-6,13,16H,7-12,14H2,1-2H3,(H,21,23)(H,22,25). The summed E-state index contributed by atoms with van der Waals surface area (Å²) in [6.45, 7) is 9.43. The van der Waals surface area contributed by atoms with Crippen LogP contribution in [0.5, 0.6) is 0 Å². The number of amides is 1. The molecule has 1 aromatic carbocycles. The van der Waals surface area contributed by atoms with E-state index in [2.05, 4.69) is 33.5 Å². The van der Waals surface area contributed by atoms with Crippen LogP contribution in [0.4, 0.5) is 5.82 Å². The molecular weight excluding hydrogens is 328 g/mol. The van der Waals surface area contributed by atoms with Crippen LogP contribution in [0.15, 0.2) is 30.3 Å². The molecule has 140 valence electrons. The average molecular weight is 356 g/mol. The fourth-order valence-electron chi connectivity index (χ4n) is 3.24. The van der Waals surface area contributed by atoms with Crippen molar-refractivity contribution in [1.82, 2.24) is 15.2 Å². The van der Waals surface area contributed by atoms with Gasteiger partial charge in [-0.25, -0.2) is 4.98 Å². The van der Waals surface area contributed by atoms with Gasteiger partial charge in [-0.15, -0.1) is 0 Å². The number of aryl methyl sites for hydroxylation is 1. The van der Waals surface area contributed by atoms with E-state index in [-0.39, 0.29) is 11.8 Å². The minimum atomic E-state index is -0.0193. The molecule has 1 aliphatic heterocycles. The summed E-state index contributed by atoms with van der Waals surface area (Å²) in [5.74, 6) is 0.923. The molecule has 3 rings (SSSR count). The molecule has 0 spiro atoms. The molecule has 0 saturated carbocycles. The summed E-state index contributed by atoms with van der Waals surface area (Å²) in [6.07, 6.45) is 0. The van der Waals surface area contributed by atoms with Crippen molar-refractivity contribution < 1.29 is 9.53 Å². The van der Waals surface area contributed by atoms with Gasteiger partial charge in [0.15, 0.2) is 0 Å². The lowest BCUT2D eigenvalue weighted by molar-refractivity contribution is -0.125. The predicted molar refractivity (Wildman–Crippen MR) is 104 cm³/mol. The molecule has 1 saturated heterocycles. The van der Waals surface area contributed by atoms with Gasteiger partial charge in [0.1, 0.15) is 5.82 Å². The van der Waals surface area contributed by atoms with Crippen molar-refractivity contribution in [1.29, 1.82) is 0 Å². The van der Waals surface area contributed by atoms with Crippen LogP contribution in [-0.4, -0.2) is 61.7 Å². The molecule has 1 amide bonds. The van der Waals surface area contributed by atoms with E-state index in [0.717, 1.165) is 44.2 Å². The first kappa shape index (κ1) is 18.6. The topological polar surface area (TPSA) is 66.5 Å². The second kappa shape index (κ2) is 8.96. The molecular formula is C20H28N4O2. The van der Waals surface area contributed by atoms with Crippen molar-refractivity contribution in [2.75, 3.05) is 51.3 Å². The first-order chi connectivity index (χ1) is 12.6. The number of nitrogens with zero attached hydrogens (tertiary/aromatic N) is 2. The first-order valence-corrected chi connectivity index (χ1v) is 9.31. The van der Waals surface area contributed by atoms with Gasteiger partial charge in [0.2, 0.25) is 5.91 Å². The van der Waals surface area contributed by atoms with Crippen molar-refractivity contribution in [2.24, 2.45) is 5.92 Å². The van der Waals surface area contributed by atoms with Gasteiger partial charge < -0.3 is 15.4 Å². The fraction of sp³-hybridized carbons (Fsp3) is 0.500. The number of pyridine rings is 1. The molecule has 1 aromatic heterocycles. The third-order valence-corrected chi connectivity index (χ3v) is 4.74. The van der Waals surface area contributed by atoms with Crippen LogP contribution in [0.25, 0.3) is 10.9 Å². The molecule has 2 heterocycles. The summed E-state index contributed by atoms with van der Waals surface area (Å²) in [4.78, 5) is 19.2. The Morgan fingerprint density at radius 3 is 2.85 bits per heavy atom. The quantitative estimate of drug-likeness (QED) is 0.743. The Bertz CT molecular complexity index is 744. The number of morpholine rings is 1. The number of hydrogen-bond acceptors (Lipinski definition) is 5. The van der Waals surface area contributed by atoms with Gasteiger partial charge in [-0.3, -0.25) is 9.69 Å². The van der Waals surface area contributed by atoms with Crippen LogP contribution in [0.3, 0.4) is 0 Å². The normalized spacial score (nSPS) is 16.4. The number of anilines is 1. The van der Waals surface area contributed by atoms with E-state index in [1.165, 1.54) is 10.9 Å². The van der Waals surface area contributed by atoms with Crippen molar-refractivity contribution in [3.63, 3.8) is 0 Å². The average Bonchev–Trinajstić information content (AvgIpc) is 2.66.